The van der Waals surface area contributed by atoms with Gasteiger partial charge in [-0.15, -0.1) is 0 Å². The molecular formula is C20H19ClN2O5S. The molecule has 0 bridgehead atoms. The van der Waals surface area contributed by atoms with Crippen LogP contribution in [0.1, 0.15) is 28.4 Å². The number of halogens is 1. The van der Waals surface area contributed by atoms with Crippen LogP contribution in [0, 0.1) is 0 Å². The van der Waals surface area contributed by atoms with E-state index in [0.717, 1.165) is 11.8 Å². The number of aromatic nitrogens is 2. The highest BCUT2D eigenvalue weighted by Gasteiger charge is 2.25. The monoisotopic (exact) mass is 434 g/mol. The molecule has 0 fully saturated rings. The predicted octanol–water partition coefficient (Wildman–Crippen LogP) is 3.06. The number of rotatable bonds is 7. The van der Waals surface area contributed by atoms with Gasteiger partial charge in [0.2, 0.25) is 5.78 Å². The Morgan fingerprint density at radius 3 is 2.41 bits per heavy atom. The van der Waals surface area contributed by atoms with Gasteiger partial charge in [0.05, 0.1) is 5.02 Å². The number of H-pyrrole nitrogens is 1. The zero-order chi connectivity index (χ0) is 21.2. The fraction of sp³-hybridized carbons (Fsp3) is 0.200. The van der Waals surface area contributed by atoms with E-state index in [2.05, 4.69) is 5.10 Å². The first-order valence-electron chi connectivity index (χ1n) is 8.76. The molecule has 1 heterocycles. The van der Waals surface area contributed by atoms with Gasteiger partial charge in [-0.05, 0) is 24.6 Å². The van der Waals surface area contributed by atoms with Gasteiger partial charge in [0.15, 0.2) is 15.6 Å². The highest BCUT2D eigenvalue weighted by molar-refractivity contribution is 7.90. The van der Waals surface area contributed by atoms with E-state index in [0.29, 0.717) is 6.54 Å². The fourth-order valence-corrected chi connectivity index (χ4v) is 3.99. The Morgan fingerprint density at radius 1 is 1.14 bits per heavy atom. The Labute approximate surface area is 172 Å². The molecule has 0 aliphatic rings. The number of hydrogen-bond acceptors (Lipinski definition) is 5. The van der Waals surface area contributed by atoms with Gasteiger partial charge in [0.25, 0.3) is 5.56 Å². The third kappa shape index (κ3) is 4.28. The summed E-state index contributed by atoms with van der Waals surface area (Å²) in [6.45, 7) is 2.20. The highest BCUT2D eigenvalue weighted by Crippen LogP contribution is 2.36. The molecule has 0 unspecified atom stereocenters. The quantitative estimate of drug-likeness (QED) is 0.576. The van der Waals surface area contributed by atoms with Crippen molar-refractivity contribution in [2.24, 2.45) is 0 Å². The van der Waals surface area contributed by atoms with E-state index in [9.17, 15) is 18.0 Å². The molecule has 2 aromatic carbocycles. The number of ether oxygens (including phenoxy) is 1. The first kappa shape index (κ1) is 20.9. The number of ketones is 1. The van der Waals surface area contributed by atoms with E-state index in [-0.39, 0.29) is 33.4 Å². The molecule has 1 aromatic heterocycles. The van der Waals surface area contributed by atoms with Gasteiger partial charge in [0.1, 0.15) is 17.1 Å². The predicted molar refractivity (Wildman–Crippen MR) is 109 cm³/mol. The van der Waals surface area contributed by atoms with Gasteiger partial charge in [-0.2, -0.15) is 0 Å². The van der Waals surface area contributed by atoms with Crippen molar-refractivity contribution in [3.05, 3.63) is 80.7 Å². The molecule has 1 N–H and O–H groups in total. The van der Waals surface area contributed by atoms with Crippen LogP contribution in [0.25, 0.3) is 0 Å². The lowest BCUT2D eigenvalue weighted by molar-refractivity contribution is 0.103. The summed E-state index contributed by atoms with van der Waals surface area (Å²) in [7, 11) is -3.67. The number of benzene rings is 2. The summed E-state index contributed by atoms with van der Waals surface area (Å²) in [5, 5.41) is 2.55. The van der Waals surface area contributed by atoms with Crippen molar-refractivity contribution >= 4 is 27.2 Å². The molecule has 0 saturated heterocycles. The molecular weight excluding hydrogens is 416 g/mol. The summed E-state index contributed by atoms with van der Waals surface area (Å²) in [4.78, 5) is 25.0. The van der Waals surface area contributed by atoms with Gasteiger partial charge in [-0.25, -0.2) is 8.42 Å². The molecule has 29 heavy (non-hydrogen) atoms. The van der Waals surface area contributed by atoms with Crippen LogP contribution in [0.2, 0.25) is 5.02 Å². The van der Waals surface area contributed by atoms with E-state index in [1.54, 1.807) is 6.92 Å². The Balaban J connectivity index is 2.06. The minimum absolute atomic E-state index is 0.0125. The van der Waals surface area contributed by atoms with Crippen molar-refractivity contribution in [3.8, 4) is 5.75 Å². The Hall–Kier alpha value is -2.84. The molecule has 0 saturated carbocycles. The largest absolute Gasteiger partial charge is 0.486 e. The summed E-state index contributed by atoms with van der Waals surface area (Å²) in [5.41, 5.74) is 0.222. The van der Waals surface area contributed by atoms with Crippen LogP contribution in [0.15, 0.2) is 58.4 Å². The molecule has 0 radical (unpaired) electrons. The van der Waals surface area contributed by atoms with Crippen LogP contribution in [0.3, 0.4) is 0 Å². The molecule has 0 amide bonds. The van der Waals surface area contributed by atoms with Crippen molar-refractivity contribution in [1.82, 2.24) is 9.78 Å². The minimum atomic E-state index is -3.67. The lowest BCUT2D eigenvalue weighted by Crippen LogP contribution is -2.21. The van der Waals surface area contributed by atoms with Crippen molar-refractivity contribution in [3.63, 3.8) is 0 Å². The van der Waals surface area contributed by atoms with Gasteiger partial charge in [-0.1, -0.05) is 41.9 Å². The number of nitrogens with one attached hydrogen (secondary N) is 1. The smallest absolute Gasteiger partial charge is 0.277 e. The van der Waals surface area contributed by atoms with Crippen LogP contribution in [-0.2, 0) is 23.0 Å². The van der Waals surface area contributed by atoms with Gasteiger partial charge < -0.3 is 9.84 Å². The average Bonchev–Trinajstić information content (AvgIpc) is 3.06. The summed E-state index contributed by atoms with van der Waals surface area (Å²) in [6, 6.07) is 11.7. The van der Waals surface area contributed by atoms with Crippen LogP contribution in [-0.4, -0.2) is 30.2 Å². The van der Waals surface area contributed by atoms with Crippen LogP contribution in [0.5, 0.6) is 5.75 Å². The van der Waals surface area contributed by atoms with E-state index in [1.165, 1.54) is 23.0 Å². The number of nitrogens with zero attached hydrogens (tertiary/aromatic N) is 1. The van der Waals surface area contributed by atoms with Crippen molar-refractivity contribution < 1.29 is 17.9 Å². The molecule has 3 rings (SSSR count). The maximum absolute atomic E-state index is 12.9. The maximum atomic E-state index is 12.9. The fourth-order valence-electron chi connectivity index (χ4n) is 2.82. The van der Waals surface area contributed by atoms with E-state index >= 15 is 0 Å². The zero-order valence-corrected chi connectivity index (χ0v) is 17.4. The normalized spacial score (nSPS) is 11.4. The summed E-state index contributed by atoms with van der Waals surface area (Å²) in [5.74, 6) is -0.733. The number of carbonyl (C=O) groups excluding carboxylic acids is 1. The lowest BCUT2D eigenvalue weighted by atomic mass is 10.1. The molecule has 9 heteroatoms. The standard InChI is InChI=1S/C20H19ClN2O5S/c1-3-23-20(25)15(11-22-23)18(24)14-9-10-16(29(2,26)27)19(17(14)21)28-12-13-7-5-4-6-8-13/h4-11,22H,3,12H2,1-2H3. The summed E-state index contributed by atoms with van der Waals surface area (Å²) < 4.78 is 31.4. The molecule has 0 atom stereocenters. The van der Waals surface area contributed by atoms with Crippen LogP contribution in [0.4, 0.5) is 0 Å². The van der Waals surface area contributed by atoms with Crippen molar-refractivity contribution in [2.75, 3.05) is 6.26 Å². The van der Waals surface area contributed by atoms with Gasteiger partial charge in [-0.3, -0.25) is 14.3 Å². The SMILES string of the molecule is CCn1[nH]cc(C(=O)c2ccc(S(C)(=O)=O)c(OCc3ccccc3)c2Cl)c1=O. The topological polar surface area (TPSA) is 98.2 Å². The molecule has 152 valence electrons. The van der Waals surface area contributed by atoms with Crippen LogP contribution < -0.4 is 10.3 Å². The number of hydrogen-bond donors (Lipinski definition) is 1. The van der Waals surface area contributed by atoms with E-state index < -0.39 is 21.2 Å². The first-order valence-corrected chi connectivity index (χ1v) is 11.0. The van der Waals surface area contributed by atoms with Gasteiger partial charge in [0, 0.05) is 24.6 Å². The zero-order valence-electron chi connectivity index (χ0n) is 15.8. The van der Waals surface area contributed by atoms with E-state index in [1.807, 2.05) is 30.3 Å². The first-order chi connectivity index (χ1) is 13.7. The van der Waals surface area contributed by atoms with Gasteiger partial charge >= 0.3 is 0 Å². The Bertz CT molecular complexity index is 1210. The third-order valence-electron chi connectivity index (χ3n) is 4.33. The summed E-state index contributed by atoms with van der Waals surface area (Å²) >= 11 is 6.39. The number of aromatic amines is 1. The molecule has 0 spiro atoms. The second-order valence-electron chi connectivity index (χ2n) is 6.37. The van der Waals surface area contributed by atoms with Crippen LogP contribution >= 0.6 is 11.6 Å². The Kier molecular flexibility index (Phi) is 5.95. The third-order valence-corrected chi connectivity index (χ3v) is 5.83. The highest BCUT2D eigenvalue weighted by atomic mass is 35.5. The second kappa shape index (κ2) is 8.26. The summed E-state index contributed by atoms with van der Waals surface area (Å²) in [6.07, 6.45) is 2.33. The minimum Gasteiger partial charge on any atom is -0.486 e. The van der Waals surface area contributed by atoms with Crippen molar-refractivity contribution in [1.29, 1.82) is 0 Å². The number of carbonyl (C=O) groups is 1. The maximum Gasteiger partial charge on any atom is 0.277 e. The Morgan fingerprint density at radius 2 is 1.83 bits per heavy atom. The van der Waals surface area contributed by atoms with E-state index in [4.69, 9.17) is 16.3 Å². The molecule has 0 aliphatic carbocycles. The molecule has 0 aliphatic heterocycles. The molecule has 7 nitrogen and oxygen atoms in total. The average molecular weight is 435 g/mol. The number of sulfone groups is 1. The lowest BCUT2D eigenvalue weighted by Gasteiger charge is -2.14. The molecule has 3 aromatic rings. The van der Waals surface area contributed by atoms with Crippen molar-refractivity contribution in [2.45, 2.75) is 25.0 Å². The second-order valence-corrected chi connectivity index (χ2v) is 8.73. The number of aryl methyl sites for hydroxylation is 1.